The SMILES string of the molecule is CCN1C[C@H](NC(=O)c2coc(COc3cccc(F)c3)n2)CC1=O. The van der Waals surface area contributed by atoms with Gasteiger partial charge in [-0.25, -0.2) is 9.37 Å². The number of amides is 2. The van der Waals surface area contributed by atoms with E-state index in [2.05, 4.69) is 10.3 Å². The predicted octanol–water partition coefficient (Wildman–Crippen LogP) is 1.74. The average Bonchev–Trinajstić information content (AvgIpc) is 3.19. The predicted molar refractivity (Wildman–Crippen MR) is 85.4 cm³/mol. The van der Waals surface area contributed by atoms with Crippen LogP contribution in [-0.2, 0) is 11.4 Å². The third-order valence-corrected chi connectivity index (χ3v) is 3.87. The zero-order valence-corrected chi connectivity index (χ0v) is 13.7. The minimum atomic E-state index is -0.406. The van der Waals surface area contributed by atoms with Gasteiger partial charge in [0, 0.05) is 25.6 Å². The number of benzene rings is 1. The zero-order chi connectivity index (χ0) is 17.8. The summed E-state index contributed by atoms with van der Waals surface area (Å²) in [5, 5.41) is 2.77. The maximum atomic E-state index is 13.1. The van der Waals surface area contributed by atoms with E-state index in [0.717, 1.165) is 0 Å². The quantitative estimate of drug-likeness (QED) is 0.860. The summed E-state index contributed by atoms with van der Waals surface area (Å²) in [6, 6.07) is 5.46. The van der Waals surface area contributed by atoms with Gasteiger partial charge in [0.2, 0.25) is 11.8 Å². The van der Waals surface area contributed by atoms with E-state index in [9.17, 15) is 14.0 Å². The molecule has 25 heavy (non-hydrogen) atoms. The second-order valence-electron chi connectivity index (χ2n) is 5.68. The van der Waals surface area contributed by atoms with Gasteiger partial charge >= 0.3 is 0 Å². The Morgan fingerprint density at radius 1 is 1.52 bits per heavy atom. The number of rotatable bonds is 6. The number of carbonyl (C=O) groups is 2. The maximum absolute atomic E-state index is 13.1. The number of ether oxygens (including phenoxy) is 1. The van der Waals surface area contributed by atoms with Crippen LogP contribution in [0.1, 0.15) is 29.7 Å². The monoisotopic (exact) mass is 347 g/mol. The number of hydrogen-bond acceptors (Lipinski definition) is 5. The Morgan fingerprint density at radius 2 is 2.36 bits per heavy atom. The molecule has 1 aromatic carbocycles. The number of carbonyl (C=O) groups excluding carboxylic acids is 2. The lowest BCUT2D eigenvalue weighted by Crippen LogP contribution is -2.37. The van der Waals surface area contributed by atoms with Crippen LogP contribution in [0.15, 0.2) is 34.9 Å². The van der Waals surface area contributed by atoms with E-state index in [1.54, 1.807) is 11.0 Å². The molecular formula is C17H18FN3O4. The molecule has 8 heteroatoms. The molecule has 1 N–H and O–H groups in total. The summed E-state index contributed by atoms with van der Waals surface area (Å²) in [6.07, 6.45) is 1.51. The molecule has 3 rings (SSSR count). The maximum Gasteiger partial charge on any atom is 0.273 e. The normalized spacial score (nSPS) is 17.0. The Hall–Kier alpha value is -2.90. The number of likely N-dealkylation sites (tertiary alicyclic amines) is 1. The van der Waals surface area contributed by atoms with E-state index in [0.29, 0.717) is 18.8 Å². The minimum Gasteiger partial charge on any atom is -0.484 e. The van der Waals surface area contributed by atoms with E-state index in [1.807, 2.05) is 6.92 Å². The fourth-order valence-corrected chi connectivity index (χ4v) is 2.62. The van der Waals surface area contributed by atoms with Gasteiger partial charge in [0.15, 0.2) is 12.3 Å². The van der Waals surface area contributed by atoms with Crippen molar-refractivity contribution >= 4 is 11.8 Å². The van der Waals surface area contributed by atoms with Crippen molar-refractivity contribution in [3.63, 3.8) is 0 Å². The van der Waals surface area contributed by atoms with E-state index in [4.69, 9.17) is 9.15 Å². The van der Waals surface area contributed by atoms with Gasteiger partial charge in [-0.1, -0.05) is 6.07 Å². The van der Waals surface area contributed by atoms with E-state index in [-0.39, 0.29) is 36.6 Å². The summed E-state index contributed by atoms with van der Waals surface area (Å²) in [5.41, 5.74) is 0.111. The zero-order valence-electron chi connectivity index (χ0n) is 13.7. The molecule has 1 atom stereocenters. The van der Waals surface area contributed by atoms with Crippen molar-refractivity contribution in [1.29, 1.82) is 0 Å². The lowest BCUT2D eigenvalue weighted by molar-refractivity contribution is -0.127. The number of oxazole rings is 1. The summed E-state index contributed by atoms with van der Waals surface area (Å²) in [7, 11) is 0. The summed E-state index contributed by atoms with van der Waals surface area (Å²) in [6.45, 7) is 2.98. The van der Waals surface area contributed by atoms with Crippen LogP contribution in [0.4, 0.5) is 4.39 Å². The number of likely N-dealkylation sites (N-methyl/N-ethyl adjacent to an activating group) is 1. The lowest BCUT2D eigenvalue weighted by atomic mass is 10.2. The van der Waals surface area contributed by atoms with Gasteiger partial charge in [-0.15, -0.1) is 0 Å². The molecule has 132 valence electrons. The molecule has 1 aromatic heterocycles. The number of aromatic nitrogens is 1. The molecule has 0 radical (unpaired) electrons. The van der Waals surface area contributed by atoms with Gasteiger partial charge in [-0.3, -0.25) is 9.59 Å². The first kappa shape index (κ1) is 16.9. The van der Waals surface area contributed by atoms with Crippen LogP contribution in [0.2, 0.25) is 0 Å². The first-order valence-electron chi connectivity index (χ1n) is 7.96. The third kappa shape index (κ3) is 4.14. The van der Waals surface area contributed by atoms with Crippen molar-refractivity contribution in [3.05, 3.63) is 47.9 Å². The largest absolute Gasteiger partial charge is 0.484 e. The molecule has 0 bridgehead atoms. The molecule has 1 aliphatic heterocycles. The molecule has 2 heterocycles. The molecule has 0 spiro atoms. The van der Waals surface area contributed by atoms with Crippen molar-refractivity contribution in [2.24, 2.45) is 0 Å². The van der Waals surface area contributed by atoms with Crippen LogP contribution < -0.4 is 10.1 Å². The molecule has 0 saturated carbocycles. The van der Waals surface area contributed by atoms with Crippen LogP contribution in [-0.4, -0.2) is 40.8 Å². The van der Waals surface area contributed by atoms with Crippen molar-refractivity contribution in [2.45, 2.75) is 26.0 Å². The summed E-state index contributed by atoms with van der Waals surface area (Å²) in [4.78, 5) is 29.6. The van der Waals surface area contributed by atoms with Crippen LogP contribution in [0.5, 0.6) is 5.75 Å². The summed E-state index contributed by atoms with van der Waals surface area (Å²) in [5.74, 6) is -0.244. The number of nitrogens with one attached hydrogen (secondary N) is 1. The van der Waals surface area contributed by atoms with Crippen LogP contribution in [0, 0.1) is 5.82 Å². The average molecular weight is 347 g/mol. The van der Waals surface area contributed by atoms with Crippen LogP contribution in [0.25, 0.3) is 0 Å². The van der Waals surface area contributed by atoms with Gasteiger partial charge in [0.1, 0.15) is 17.8 Å². The Labute approximate surface area is 143 Å². The molecule has 1 aliphatic rings. The Bertz CT molecular complexity index is 777. The highest BCUT2D eigenvalue weighted by Crippen LogP contribution is 2.15. The van der Waals surface area contributed by atoms with Crippen molar-refractivity contribution in [3.8, 4) is 5.75 Å². The highest BCUT2D eigenvalue weighted by Gasteiger charge is 2.30. The summed E-state index contributed by atoms with van der Waals surface area (Å²) >= 11 is 0. The lowest BCUT2D eigenvalue weighted by Gasteiger charge is -2.13. The van der Waals surface area contributed by atoms with Gasteiger partial charge < -0.3 is 19.4 Å². The molecule has 2 aromatic rings. The van der Waals surface area contributed by atoms with Crippen molar-refractivity contribution < 1.29 is 23.1 Å². The fourth-order valence-electron chi connectivity index (χ4n) is 2.62. The molecule has 1 fully saturated rings. The first-order chi connectivity index (χ1) is 12.0. The molecule has 0 aliphatic carbocycles. The fraction of sp³-hybridized carbons (Fsp3) is 0.353. The topological polar surface area (TPSA) is 84.7 Å². The first-order valence-corrected chi connectivity index (χ1v) is 7.96. The van der Waals surface area contributed by atoms with Gasteiger partial charge in [-0.05, 0) is 19.1 Å². The van der Waals surface area contributed by atoms with Crippen molar-refractivity contribution in [1.82, 2.24) is 15.2 Å². The Kier molecular flexibility index (Phi) is 4.97. The highest BCUT2D eigenvalue weighted by atomic mass is 19.1. The standard InChI is InChI=1S/C17H18FN3O4/c1-2-21-8-12(7-16(21)22)19-17(23)14-9-25-15(20-14)10-24-13-5-3-4-11(18)6-13/h3-6,9,12H,2,7-8,10H2,1H3,(H,19,23)/t12-/m1/s1. The molecule has 1 saturated heterocycles. The molecule has 0 unspecified atom stereocenters. The molecule has 7 nitrogen and oxygen atoms in total. The third-order valence-electron chi connectivity index (χ3n) is 3.87. The van der Waals surface area contributed by atoms with Crippen LogP contribution >= 0.6 is 0 Å². The number of halogens is 1. The molecule has 2 amide bonds. The summed E-state index contributed by atoms with van der Waals surface area (Å²) < 4.78 is 23.6. The van der Waals surface area contributed by atoms with Gasteiger partial charge in [0.25, 0.3) is 5.91 Å². The number of hydrogen-bond donors (Lipinski definition) is 1. The van der Waals surface area contributed by atoms with E-state index < -0.39 is 11.7 Å². The van der Waals surface area contributed by atoms with Crippen LogP contribution in [0.3, 0.4) is 0 Å². The minimum absolute atomic E-state index is 0.0251. The second kappa shape index (κ2) is 7.33. The smallest absolute Gasteiger partial charge is 0.273 e. The number of nitrogens with zero attached hydrogens (tertiary/aromatic N) is 2. The molecular weight excluding hydrogens is 329 g/mol. The Morgan fingerprint density at radius 3 is 3.08 bits per heavy atom. The Balaban J connectivity index is 1.54. The highest BCUT2D eigenvalue weighted by molar-refractivity contribution is 5.93. The van der Waals surface area contributed by atoms with E-state index in [1.165, 1.54) is 24.5 Å². The van der Waals surface area contributed by atoms with E-state index >= 15 is 0 Å². The van der Waals surface area contributed by atoms with Gasteiger partial charge in [-0.2, -0.15) is 0 Å². The van der Waals surface area contributed by atoms with Crippen molar-refractivity contribution in [2.75, 3.05) is 13.1 Å². The van der Waals surface area contributed by atoms with Gasteiger partial charge in [0.05, 0.1) is 6.04 Å². The second-order valence-corrected chi connectivity index (χ2v) is 5.68.